The Hall–Kier alpha value is -4.97. The summed E-state index contributed by atoms with van der Waals surface area (Å²) in [5.41, 5.74) is 1.30. The molecule has 3 aromatic carbocycles. The summed E-state index contributed by atoms with van der Waals surface area (Å²) in [4.78, 5) is 53.5. The van der Waals surface area contributed by atoms with Crippen molar-refractivity contribution in [3.8, 4) is 11.8 Å². The second-order valence-electron chi connectivity index (χ2n) is 7.74. The highest BCUT2D eigenvalue weighted by molar-refractivity contribution is 6.34. The molecule has 36 heavy (non-hydrogen) atoms. The van der Waals surface area contributed by atoms with E-state index >= 15 is 0 Å². The fourth-order valence-corrected chi connectivity index (χ4v) is 3.88. The molecule has 9 heteroatoms. The third-order valence-electron chi connectivity index (χ3n) is 5.59. The fourth-order valence-electron chi connectivity index (χ4n) is 3.88. The molecule has 0 radical (unpaired) electrons. The average Bonchev–Trinajstić information content (AvgIpc) is 3.17. The van der Waals surface area contributed by atoms with Gasteiger partial charge < -0.3 is 14.4 Å². The van der Waals surface area contributed by atoms with Gasteiger partial charge in [0.1, 0.15) is 5.75 Å². The summed E-state index contributed by atoms with van der Waals surface area (Å²) in [5.74, 6) is -1.88. The highest BCUT2D eigenvalue weighted by Crippen LogP contribution is 2.30. The molecule has 180 valence electrons. The van der Waals surface area contributed by atoms with E-state index in [4.69, 9.17) is 14.7 Å². The van der Waals surface area contributed by atoms with Crippen LogP contribution in [-0.2, 0) is 9.53 Å². The first-order chi connectivity index (χ1) is 17.5. The number of para-hydroxylation sites is 2. The van der Waals surface area contributed by atoms with Crippen LogP contribution in [0.3, 0.4) is 0 Å². The Morgan fingerprint density at radius 2 is 1.61 bits per heavy atom. The van der Waals surface area contributed by atoms with Gasteiger partial charge in [0, 0.05) is 6.54 Å². The minimum Gasteiger partial charge on any atom is -0.495 e. The van der Waals surface area contributed by atoms with Gasteiger partial charge in [-0.25, -0.2) is 9.69 Å². The van der Waals surface area contributed by atoms with Gasteiger partial charge >= 0.3 is 5.97 Å². The number of esters is 1. The number of amides is 3. The van der Waals surface area contributed by atoms with E-state index in [1.54, 1.807) is 48.5 Å². The van der Waals surface area contributed by atoms with Gasteiger partial charge in [0.2, 0.25) is 0 Å². The quantitative estimate of drug-likeness (QED) is 0.355. The first-order valence-electron chi connectivity index (χ1n) is 11.0. The summed E-state index contributed by atoms with van der Waals surface area (Å²) in [5, 5.41) is 8.99. The molecule has 0 N–H and O–H groups in total. The maximum Gasteiger partial charge on any atom is 0.338 e. The minimum absolute atomic E-state index is 0.0673. The van der Waals surface area contributed by atoms with Gasteiger partial charge in [-0.1, -0.05) is 30.3 Å². The van der Waals surface area contributed by atoms with Crippen LogP contribution in [0.15, 0.2) is 72.8 Å². The van der Waals surface area contributed by atoms with E-state index in [1.807, 2.05) is 6.07 Å². The summed E-state index contributed by atoms with van der Waals surface area (Å²) in [7, 11) is 1.47. The van der Waals surface area contributed by atoms with Crippen molar-refractivity contribution in [2.45, 2.75) is 6.42 Å². The second-order valence-corrected chi connectivity index (χ2v) is 7.74. The summed E-state index contributed by atoms with van der Waals surface area (Å²) in [6.45, 7) is -0.498. The van der Waals surface area contributed by atoms with Gasteiger partial charge in [0.15, 0.2) is 6.61 Å². The normalized spacial score (nSPS) is 12.1. The molecule has 1 aliphatic rings. The Kier molecular flexibility index (Phi) is 7.07. The molecule has 9 nitrogen and oxygen atoms in total. The number of fused-ring (bicyclic) bond motifs is 1. The van der Waals surface area contributed by atoms with E-state index in [9.17, 15) is 19.2 Å². The smallest absolute Gasteiger partial charge is 0.338 e. The van der Waals surface area contributed by atoms with Crippen LogP contribution < -0.4 is 14.5 Å². The Morgan fingerprint density at radius 3 is 2.28 bits per heavy atom. The molecule has 1 heterocycles. The van der Waals surface area contributed by atoms with Gasteiger partial charge in [-0.05, 0) is 42.5 Å². The maximum atomic E-state index is 12.9. The number of anilines is 2. The third-order valence-corrected chi connectivity index (χ3v) is 5.59. The van der Waals surface area contributed by atoms with Crippen LogP contribution in [0.5, 0.6) is 5.75 Å². The van der Waals surface area contributed by atoms with E-state index in [2.05, 4.69) is 0 Å². The lowest BCUT2D eigenvalue weighted by Crippen LogP contribution is -2.35. The van der Waals surface area contributed by atoms with Crippen molar-refractivity contribution in [1.29, 1.82) is 5.26 Å². The predicted octanol–water partition coefficient (Wildman–Crippen LogP) is 3.60. The van der Waals surface area contributed by atoms with Crippen molar-refractivity contribution >= 4 is 35.1 Å². The number of ether oxygens (including phenoxy) is 2. The van der Waals surface area contributed by atoms with Crippen LogP contribution in [0.2, 0.25) is 0 Å². The summed E-state index contributed by atoms with van der Waals surface area (Å²) < 4.78 is 10.5. The molecule has 0 saturated carbocycles. The summed E-state index contributed by atoms with van der Waals surface area (Å²) >= 11 is 0. The van der Waals surface area contributed by atoms with Crippen LogP contribution in [0.4, 0.5) is 11.4 Å². The summed E-state index contributed by atoms with van der Waals surface area (Å²) in [6.07, 6.45) is 0.0695. The van der Waals surface area contributed by atoms with Gasteiger partial charge in [-0.2, -0.15) is 5.26 Å². The minimum atomic E-state index is -0.804. The van der Waals surface area contributed by atoms with Crippen molar-refractivity contribution in [1.82, 2.24) is 0 Å². The largest absolute Gasteiger partial charge is 0.495 e. The number of nitrogens with zero attached hydrogens (tertiary/aromatic N) is 3. The molecule has 3 amide bonds. The lowest BCUT2D eigenvalue weighted by atomic mass is 10.1. The first kappa shape index (κ1) is 24.2. The van der Waals surface area contributed by atoms with Gasteiger partial charge in [0.05, 0.1) is 47.7 Å². The second kappa shape index (κ2) is 10.5. The molecule has 1 aliphatic heterocycles. The standard InChI is InChI=1S/C27H21N3O6/c1-35-23-13-5-4-12-22(23)29(15-7-14-28)24(31)17-36-27(34)18-8-6-9-19(16-18)30-25(32)20-10-2-3-11-21(20)26(30)33/h2-6,8-13,16H,7,15,17H2,1H3. The molecule has 0 fully saturated rings. The van der Waals surface area contributed by atoms with E-state index in [0.717, 1.165) is 4.90 Å². The lowest BCUT2D eigenvalue weighted by Gasteiger charge is -2.23. The number of nitriles is 1. The number of imide groups is 1. The number of carbonyl (C=O) groups excluding carboxylic acids is 4. The van der Waals surface area contributed by atoms with Crippen molar-refractivity contribution in [2.75, 3.05) is 30.1 Å². The number of methoxy groups -OCH3 is 1. The zero-order valence-corrected chi connectivity index (χ0v) is 19.3. The monoisotopic (exact) mass is 483 g/mol. The molecule has 0 spiro atoms. The number of carbonyl (C=O) groups is 4. The van der Waals surface area contributed by atoms with Crippen LogP contribution in [0.25, 0.3) is 0 Å². The molecule has 0 aliphatic carbocycles. The Morgan fingerprint density at radius 1 is 0.944 bits per heavy atom. The Labute approximate surface area is 207 Å². The van der Waals surface area contributed by atoms with Crippen molar-refractivity contribution in [3.63, 3.8) is 0 Å². The number of rotatable bonds is 8. The predicted molar refractivity (Wildman–Crippen MR) is 130 cm³/mol. The van der Waals surface area contributed by atoms with E-state index in [-0.39, 0.29) is 35.3 Å². The van der Waals surface area contributed by atoms with Crippen LogP contribution >= 0.6 is 0 Å². The van der Waals surface area contributed by atoms with Crippen molar-refractivity contribution in [3.05, 3.63) is 89.5 Å². The van der Waals surface area contributed by atoms with Gasteiger partial charge in [0.25, 0.3) is 17.7 Å². The zero-order chi connectivity index (χ0) is 25.7. The molecule has 0 atom stereocenters. The van der Waals surface area contributed by atoms with E-state index < -0.39 is 30.3 Å². The van der Waals surface area contributed by atoms with Crippen LogP contribution in [0, 0.1) is 11.3 Å². The highest BCUT2D eigenvalue weighted by atomic mass is 16.5. The Balaban J connectivity index is 1.49. The lowest BCUT2D eigenvalue weighted by molar-refractivity contribution is -0.121. The number of benzene rings is 3. The zero-order valence-electron chi connectivity index (χ0n) is 19.3. The van der Waals surface area contributed by atoms with Gasteiger partial charge in [-0.15, -0.1) is 0 Å². The molecule has 0 bridgehead atoms. The highest BCUT2D eigenvalue weighted by Gasteiger charge is 2.36. The maximum absolute atomic E-state index is 12.9. The topological polar surface area (TPSA) is 117 Å². The number of hydrogen-bond donors (Lipinski definition) is 0. The SMILES string of the molecule is COc1ccccc1N(CCC#N)C(=O)COC(=O)c1cccc(N2C(=O)c3ccccc3C2=O)c1. The molecule has 0 aromatic heterocycles. The third kappa shape index (κ3) is 4.65. The molecule has 0 saturated heterocycles. The average molecular weight is 483 g/mol. The molecular weight excluding hydrogens is 462 g/mol. The van der Waals surface area contributed by atoms with E-state index in [0.29, 0.717) is 11.4 Å². The van der Waals surface area contributed by atoms with Crippen molar-refractivity contribution < 1.29 is 28.7 Å². The van der Waals surface area contributed by atoms with Gasteiger partial charge in [-0.3, -0.25) is 14.4 Å². The Bertz CT molecular complexity index is 1360. The summed E-state index contributed by atoms with van der Waals surface area (Å²) in [6, 6.07) is 21.2. The van der Waals surface area contributed by atoms with Crippen molar-refractivity contribution in [2.24, 2.45) is 0 Å². The van der Waals surface area contributed by atoms with Crippen LogP contribution in [0.1, 0.15) is 37.5 Å². The van der Waals surface area contributed by atoms with Crippen LogP contribution in [-0.4, -0.2) is 44.0 Å². The molecule has 4 rings (SSSR count). The fraction of sp³-hybridized carbons (Fsp3) is 0.148. The first-order valence-corrected chi connectivity index (χ1v) is 11.0. The molecule has 0 unspecified atom stereocenters. The number of hydrogen-bond acceptors (Lipinski definition) is 7. The molecular formula is C27H21N3O6. The molecule has 3 aromatic rings. The van der Waals surface area contributed by atoms with E-state index in [1.165, 1.54) is 36.3 Å².